The molecule has 0 fully saturated rings. The summed E-state index contributed by atoms with van der Waals surface area (Å²) in [7, 11) is 0. The van der Waals surface area contributed by atoms with Gasteiger partial charge in [0, 0.05) is 46.1 Å². The molecule has 0 saturated heterocycles. The van der Waals surface area contributed by atoms with Gasteiger partial charge in [-0.15, -0.1) is 0 Å². The van der Waals surface area contributed by atoms with E-state index in [0.29, 0.717) is 11.8 Å². The molecule has 0 bridgehead atoms. The highest BCUT2D eigenvalue weighted by molar-refractivity contribution is 6.26. The number of pyridine rings is 2. The number of hydrogen-bond acceptors (Lipinski definition) is 3. The minimum atomic E-state index is 0.331. The van der Waals surface area contributed by atoms with Gasteiger partial charge in [-0.1, -0.05) is 70.2 Å². The quantitative estimate of drug-likeness (QED) is 0.176. The summed E-state index contributed by atoms with van der Waals surface area (Å²) >= 11 is 0. The van der Waals surface area contributed by atoms with Gasteiger partial charge in [-0.2, -0.15) is 0 Å². The van der Waals surface area contributed by atoms with Crippen LogP contribution in [0.4, 0.5) is 0 Å². The van der Waals surface area contributed by atoms with E-state index in [2.05, 4.69) is 128 Å². The Morgan fingerprint density at radius 3 is 1.74 bits per heavy atom. The third-order valence-corrected chi connectivity index (χ3v) is 9.53. The van der Waals surface area contributed by atoms with Gasteiger partial charge in [-0.25, -0.2) is 9.97 Å². The van der Waals surface area contributed by atoms with Gasteiger partial charge in [-0.3, -0.25) is 9.13 Å². The Morgan fingerprint density at radius 2 is 1.04 bits per heavy atom. The van der Waals surface area contributed by atoms with Crippen molar-refractivity contribution in [3.63, 3.8) is 0 Å². The lowest BCUT2D eigenvalue weighted by Crippen LogP contribution is -2.02. The van der Waals surface area contributed by atoms with Crippen LogP contribution in [0.2, 0.25) is 0 Å². The second-order valence-electron chi connectivity index (χ2n) is 13.0. The molecule has 5 heteroatoms. The van der Waals surface area contributed by atoms with Crippen molar-refractivity contribution in [2.75, 3.05) is 0 Å². The molecule has 0 radical (unpaired) electrons. The number of fused-ring (bicyclic) bond motifs is 3. The second-order valence-corrected chi connectivity index (χ2v) is 13.0. The monoisotopic (exact) mass is 610 g/mol. The summed E-state index contributed by atoms with van der Waals surface area (Å²) < 4.78 is 11.4. The number of aromatic nitrogens is 4. The summed E-state index contributed by atoms with van der Waals surface area (Å²) in [5.41, 5.74) is 7.24. The normalized spacial score (nSPS) is 12.2. The molecule has 0 amide bonds. The predicted molar refractivity (Wildman–Crippen MR) is 194 cm³/mol. The van der Waals surface area contributed by atoms with Crippen molar-refractivity contribution < 1.29 is 4.74 Å². The molecule has 4 heterocycles. The molecule has 0 unspecified atom stereocenters. The highest BCUT2D eigenvalue weighted by atomic mass is 16.5. The van der Waals surface area contributed by atoms with Gasteiger partial charge in [-0.05, 0) is 88.3 Å². The summed E-state index contributed by atoms with van der Waals surface area (Å²) in [6, 6.07) is 38.2. The topological polar surface area (TPSA) is 44.9 Å². The van der Waals surface area contributed by atoms with Crippen LogP contribution in [0.15, 0.2) is 122 Å². The van der Waals surface area contributed by atoms with Gasteiger partial charge in [0.05, 0.1) is 22.1 Å². The summed E-state index contributed by atoms with van der Waals surface area (Å²) in [6.07, 6.45) is 3.71. The lowest BCUT2D eigenvalue weighted by Gasteiger charge is -2.22. The first-order chi connectivity index (χ1) is 23.0. The molecule has 9 aromatic rings. The van der Waals surface area contributed by atoms with Crippen LogP contribution >= 0.6 is 0 Å². The number of hydrogen-bond donors (Lipinski definition) is 0. The zero-order valence-corrected chi connectivity index (χ0v) is 26.9. The van der Waals surface area contributed by atoms with Crippen LogP contribution in [0.1, 0.15) is 50.7 Å². The zero-order valence-electron chi connectivity index (χ0n) is 26.9. The number of para-hydroxylation sites is 1. The lowest BCUT2D eigenvalue weighted by atomic mass is 9.82. The molecule has 47 heavy (non-hydrogen) atoms. The molecule has 0 aliphatic heterocycles. The fourth-order valence-electron chi connectivity index (χ4n) is 7.80. The van der Waals surface area contributed by atoms with Crippen LogP contribution in [0, 0.1) is 0 Å². The number of ether oxygens (including phenoxy) is 1. The van der Waals surface area contributed by atoms with Crippen molar-refractivity contribution >= 4 is 54.4 Å². The fourth-order valence-corrected chi connectivity index (χ4v) is 7.80. The van der Waals surface area contributed by atoms with Crippen LogP contribution in [0.25, 0.3) is 66.0 Å². The first-order valence-corrected chi connectivity index (χ1v) is 16.4. The van der Waals surface area contributed by atoms with Crippen molar-refractivity contribution in [3.05, 3.63) is 133 Å². The predicted octanol–water partition coefficient (Wildman–Crippen LogP) is 11.3. The van der Waals surface area contributed by atoms with Gasteiger partial charge in [0.2, 0.25) is 0 Å². The largest absolute Gasteiger partial charge is 0.457 e. The maximum atomic E-state index is 6.87. The maximum absolute atomic E-state index is 6.87. The van der Waals surface area contributed by atoms with Gasteiger partial charge in [0.15, 0.2) is 0 Å². The van der Waals surface area contributed by atoms with E-state index in [4.69, 9.17) is 14.7 Å². The Labute approximate surface area is 273 Å². The SMILES string of the molecule is CC(C)c1c(C(C)C)c2cc(Oc3ccc4c5ccccc5n(-c5ccccn5)c4c3)cc3c2c2c1cccc2n3-c1ccccn1. The average Bonchev–Trinajstić information content (AvgIpc) is 3.60. The standard InChI is InChI=1S/C42H34N4O/c1-25(2)39-31-13-11-15-34-41(31)42-32(40(39)26(3)4)22-28(24-36(42)46(34)38-17-8-10-21-44-38)47-27-18-19-30-29-12-5-6-14-33(29)45(35(30)23-27)37-16-7-9-20-43-37/h5-26H,1-4H3. The third kappa shape index (κ3) is 4.09. The molecular weight excluding hydrogens is 576 g/mol. The van der Waals surface area contributed by atoms with Crippen molar-refractivity contribution in [1.29, 1.82) is 0 Å². The van der Waals surface area contributed by atoms with Gasteiger partial charge < -0.3 is 4.74 Å². The molecule has 0 aliphatic carbocycles. The average molecular weight is 611 g/mol. The van der Waals surface area contributed by atoms with Gasteiger partial charge >= 0.3 is 0 Å². The Balaban J connectivity index is 1.32. The zero-order chi connectivity index (χ0) is 31.8. The fraction of sp³-hybridized carbons (Fsp3) is 0.143. The molecule has 0 N–H and O–H groups in total. The number of nitrogens with zero attached hydrogens (tertiary/aromatic N) is 4. The number of rotatable bonds is 6. The number of benzene rings is 5. The van der Waals surface area contributed by atoms with E-state index in [-0.39, 0.29) is 0 Å². The summed E-state index contributed by atoms with van der Waals surface area (Å²) in [5.74, 6) is 4.05. The highest BCUT2D eigenvalue weighted by Gasteiger charge is 2.26. The van der Waals surface area contributed by atoms with E-state index >= 15 is 0 Å². The third-order valence-electron chi connectivity index (χ3n) is 9.53. The van der Waals surface area contributed by atoms with Crippen LogP contribution in [0.5, 0.6) is 11.5 Å². The van der Waals surface area contributed by atoms with E-state index < -0.39 is 0 Å². The molecule has 0 spiro atoms. The molecule has 0 saturated carbocycles. The van der Waals surface area contributed by atoms with Crippen LogP contribution in [-0.4, -0.2) is 19.1 Å². The molecule has 228 valence electrons. The molecule has 0 atom stereocenters. The van der Waals surface area contributed by atoms with Crippen molar-refractivity contribution in [3.8, 4) is 23.1 Å². The van der Waals surface area contributed by atoms with Gasteiger partial charge in [0.1, 0.15) is 23.1 Å². The summed E-state index contributed by atoms with van der Waals surface area (Å²) in [5, 5.41) is 7.50. The van der Waals surface area contributed by atoms with Gasteiger partial charge in [0.25, 0.3) is 0 Å². The van der Waals surface area contributed by atoms with Crippen molar-refractivity contribution in [2.24, 2.45) is 0 Å². The van der Waals surface area contributed by atoms with Crippen LogP contribution in [-0.2, 0) is 0 Å². The van der Waals surface area contributed by atoms with Crippen molar-refractivity contribution in [1.82, 2.24) is 19.1 Å². The Kier molecular flexibility index (Phi) is 6.13. The Bertz CT molecular complexity index is 2590. The minimum Gasteiger partial charge on any atom is -0.457 e. The minimum absolute atomic E-state index is 0.331. The van der Waals surface area contributed by atoms with E-state index in [9.17, 15) is 0 Å². The Hall–Kier alpha value is -5.68. The molecule has 5 aromatic carbocycles. The molecule has 5 nitrogen and oxygen atoms in total. The van der Waals surface area contributed by atoms with E-state index in [0.717, 1.165) is 45.2 Å². The Morgan fingerprint density at radius 1 is 0.468 bits per heavy atom. The first-order valence-electron chi connectivity index (χ1n) is 16.4. The molecule has 9 rings (SSSR count). The van der Waals surface area contributed by atoms with Crippen molar-refractivity contribution in [2.45, 2.75) is 39.5 Å². The second kappa shape index (κ2) is 10.4. The molecule has 4 aromatic heterocycles. The van der Waals surface area contributed by atoms with E-state index in [1.807, 2.05) is 30.6 Å². The van der Waals surface area contributed by atoms with E-state index in [1.54, 1.807) is 0 Å². The smallest absolute Gasteiger partial charge is 0.137 e. The summed E-state index contributed by atoms with van der Waals surface area (Å²) in [6.45, 7) is 9.24. The first kappa shape index (κ1) is 27.6. The van der Waals surface area contributed by atoms with Crippen LogP contribution < -0.4 is 4.74 Å². The van der Waals surface area contributed by atoms with Crippen LogP contribution in [0.3, 0.4) is 0 Å². The van der Waals surface area contributed by atoms with E-state index in [1.165, 1.54) is 43.4 Å². The lowest BCUT2D eigenvalue weighted by molar-refractivity contribution is 0.484. The summed E-state index contributed by atoms with van der Waals surface area (Å²) in [4.78, 5) is 9.53. The maximum Gasteiger partial charge on any atom is 0.137 e. The highest BCUT2D eigenvalue weighted by Crippen LogP contribution is 2.48. The molecule has 0 aliphatic rings. The molecular formula is C42H34N4O.